The van der Waals surface area contributed by atoms with Crippen LogP contribution in [0.4, 0.5) is 0 Å². The topological polar surface area (TPSA) is 50.8 Å². The standard InChI is InChI=1S/C17H24N2O3/c1-3-8-18-16(20)17(2)7-9-19(11-17)10-13-5-4-6-14-15(13)22-12-21-14/h4-6H,3,7-12H2,1-2H3,(H,18,20). The van der Waals surface area contributed by atoms with Gasteiger partial charge in [-0.3, -0.25) is 9.69 Å². The number of ether oxygens (including phenoxy) is 2. The van der Waals surface area contributed by atoms with Crippen LogP contribution in [0.3, 0.4) is 0 Å². The number of likely N-dealkylation sites (tertiary alicyclic amines) is 1. The molecule has 2 heterocycles. The Labute approximate surface area is 131 Å². The third-order valence-corrected chi connectivity index (χ3v) is 4.51. The first kappa shape index (κ1) is 15.2. The van der Waals surface area contributed by atoms with Gasteiger partial charge in [-0.25, -0.2) is 0 Å². The molecular weight excluding hydrogens is 280 g/mol. The van der Waals surface area contributed by atoms with Gasteiger partial charge >= 0.3 is 0 Å². The molecule has 0 bridgehead atoms. The van der Waals surface area contributed by atoms with Crippen LogP contribution in [-0.2, 0) is 11.3 Å². The zero-order valence-corrected chi connectivity index (χ0v) is 13.4. The van der Waals surface area contributed by atoms with E-state index in [-0.39, 0.29) is 11.3 Å². The van der Waals surface area contributed by atoms with Crippen LogP contribution >= 0.6 is 0 Å². The van der Waals surface area contributed by atoms with Crippen molar-refractivity contribution >= 4 is 5.91 Å². The molecule has 0 aliphatic carbocycles. The number of hydrogen-bond donors (Lipinski definition) is 1. The summed E-state index contributed by atoms with van der Waals surface area (Å²) in [5, 5.41) is 3.03. The number of amides is 1. The zero-order valence-electron chi connectivity index (χ0n) is 13.4. The monoisotopic (exact) mass is 304 g/mol. The summed E-state index contributed by atoms with van der Waals surface area (Å²) >= 11 is 0. The largest absolute Gasteiger partial charge is 0.454 e. The number of carbonyl (C=O) groups excluding carboxylic acids is 1. The van der Waals surface area contributed by atoms with Crippen LogP contribution in [-0.4, -0.2) is 37.2 Å². The second-order valence-corrected chi connectivity index (χ2v) is 6.43. The summed E-state index contributed by atoms with van der Waals surface area (Å²) in [6.07, 6.45) is 1.87. The van der Waals surface area contributed by atoms with Crippen LogP contribution in [0.1, 0.15) is 32.3 Å². The highest BCUT2D eigenvalue weighted by Gasteiger charge is 2.40. The summed E-state index contributed by atoms with van der Waals surface area (Å²) < 4.78 is 11.0. The van der Waals surface area contributed by atoms with Gasteiger partial charge < -0.3 is 14.8 Å². The molecule has 1 N–H and O–H groups in total. The van der Waals surface area contributed by atoms with Gasteiger partial charge in [-0.2, -0.15) is 0 Å². The van der Waals surface area contributed by atoms with Crippen molar-refractivity contribution in [3.63, 3.8) is 0 Å². The van der Waals surface area contributed by atoms with Crippen molar-refractivity contribution < 1.29 is 14.3 Å². The van der Waals surface area contributed by atoms with Crippen molar-refractivity contribution in [2.45, 2.75) is 33.2 Å². The van der Waals surface area contributed by atoms with Gasteiger partial charge in [0, 0.05) is 25.2 Å². The van der Waals surface area contributed by atoms with Crippen molar-refractivity contribution in [2.24, 2.45) is 5.41 Å². The van der Waals surface area contributed by atoms with Gasteiger partial charge in [0.05, 0.1) is 5.41 Å². The molecule has 22 heavy (non-hydrogen) atoms. The molecule has 1 aromatic carbocycles. The van der Waals surface area contributed by atoms with Crippen LogP contribution in [0.2, 0.25) is 0 Å². The molecule has 2 aliphatic rings. The number of para-hydroxylation sites is 1. The van der Waals surface area contributed by atoms with E-state index in [1.807, 2.05) is 12.1 Å². The lowest BCUT2D eigenvalue weighted by molar-refractivity contribution is -0.129. The normalized spacial score (nSPS) is 23.7. The Morgan fingerprint density at radius 2 is 2.27 bits per heavy atom. The number of rotatable bonds is 5. The highest BCUT2D eigenvalue weighted by molar-refractivity contribution is 5.82. The minimum absolute atomic E-state index is 0.176. The van der Waals surface area contributed by atoms with Crippen molar-refractivity contribution in [3.8, 4) is 11.5 Å². The molecule has 0 aromatic heterocycles. The fraction of sp³-hybridized carbons (Fsp3) is 0.588. The minimum Gasteiger partial charge on any atom is -0.454 e. The molecule has 3 rings (SSSR count). The molecule has 0 saturated carbocycles. The number of hydrogen-bond acceptors (Lipinski definition) is 4. The first-order valence-electron chi connectivity index (χ1n) is 8.00. The molecule has 2 aliphatic heterocycles. The number of nitrogens with zero attached hydrogens (tertiary/aromatic N) is 1. The number of carbonyl (C=O) groups is 1. The molecule has 1 atom stereocenters. The Balaban J connectivity index is 1.64. The average molecular weight is 304 g/mol. The van der Waals surface area contributed by atoms with Gasteiger partial charge in [0.2, 0.25) is 12.7 Å². The van der Waals surface area contributed by atoms with E-state index in [2.05, 4.69) is 30.1 Å². The fourth-order valence-electron chi connectivity index (χ4n) is 3.18. The maximum atomic E-state index is 12.3. The predicted molar refractivity (Wildman–Crippen MR) is 83.9 cm³/mol. The van der Waals surface area contributed by atoms with Gasteiger partial charge in [0.1, 0.15) is 0 Å². The second-order valence-electron chi connectivity index (χ2n) is 6.43. The highest BCUT2D eigenvalue weighted by atomic mass is 16.7. The first-order valence-corrected chi connectivity index (χ1v) is 8.00. The summed E-state index contributed by atoms with van der Waals surface area (Å²) in [4.78, 5) is 14.7. The molecule has 5 heteroatoms. The molecule has 0 spiro atoms. The maximum absolute atomic E-state index is 12.3. The third kappa shape index (κ3) is 2.90. The van der Waals surface area contributed by atoms with Crippen LogP contribution in [0.25, 0.3) is 0 Å². The van der Waals surface area contributed by atoms with Crippen molar-refractivity contribution in [3.05, 3.63) is 23.8 Å². The summed E-state index contributed by atoms with van der Waals surface area (Å²) in [5.74, 6) is 1.85. The molecule has 1 saturated heterocycles. The summed E-state index contributed by atoms with van der Waals surface area (Å²) in [6.45, 7) is 7.70. The Kier molecular flexibility index (Phi) is 4.25. The Bertz CT molecular complexity index is 561. The molecule has 1 amide bonds. The molecular formula is C17H24N2O3. The number of fused-ring (bicyclic) bond motifs is 1. The molecule has 120 valence electrons. The van der Waals surface area contributed by atoms with Crippen LogP contribution in [0.15, 0.2) is 18.2 Å². The van der Waals surface area contributed by atoms with E-state index >= 15 is 0 Å². The molecule has 1 unspecified atom stereocenters. The van der Waals surface area contributed by atoms with E-state index in [0.717, 1.165) is 56.1 Å². The minimum atomic E-state index is -0.287. The fourth-order valence-corrected chi connectivity index (χ4v) is 3.18. The lowest BCUT2D eigenvalue weighted by Gasteiger charge is -2.24. The second kappa shape index (κ2) is 6.16. The van der Waals surface area contributed by atoms with E-state index in [0.29, 0.717) is 6.79 Å². The number of nitrogens with one attached hydrogen (secondary N) is 1. The van der Waals surface area contributed by atoms with Crippen LogP contribution in [0.5, 0.6) is 11.5 Å². The summed E-state index contributed by atoms with van der Waals surface area (Å²) in [7, 11) is 0. The summed E-state index contributed by atoms with van der Waals surface area (Å²) in [6, 6.07) is 5.99. The zero-order chi connectivity index (χ0) is 15.6. The lowest BCUT2D eigenvalue weighted by atomic mass is 9.88. The maximum Gasteiger partial charge on any atom is 0.231 e. The SMILES string of the molecule is CCCNC(=O)C1(C)CCN(Cc2cccc3c2OCO3)C1. The Hall–Kier alpha value is -1.75. The lowest BCUT2D eigenvalue weighted by Crippen LogP contribution is -2.41. The molecule has 0 radical (unpaired) electrons. The quantitative estimate of drug-likeness (QED) is 0.905. The van der Waals surface area contributed by atoms with Crippen molar-refractivity contribution in [1.82, 2.24) is 10.2 Å². The third-order valence-electron chi connectivity index (χ3n) is 4.51. The van der Waals surface area contributed by atoms with Gasteiger partial charge in [-0.1, -0.05) is 19.1 Å². The van der Waals surface area contributed by atoms with E-state index in [9.17, 15) is 4.79 Å². The van der Waals surface area contributed by atoms with E-state index in [4.69, 9.17) is 9.47 Å². The van der Waals surface area contributed by atoms with Gasteiger partial charge in [0.25, 0.3) is 0 Å². The van der Waals surface area contributed by atoms with E-state index < -0.39 is 0 Å². The first-order chi connectivity index (χ1) is 10.6. The van der Waals surface area contributed by atoms with Crippen molar-refractivity contribution in [1.29, 1.82) is 0 Å². The molecule has 5 nitrogen and oxygen atoms in total. The average Bonchev–Trinajstić information content (AvgIpc) is 3.13. The van der Waals surface area contributed by atoms with Gasteiger partial charge in [-0.15, -0.1) is 0 Å². The Morgan fingerprint density at radius 1 is 1.41 bits per heavy atom. The van der Waals surface area contributed by atoms with Crippen molar-refractivity contribution in [2.75, 3.05) is 26.4 Å². The highest BCUT2D eigenvalue weighted by Crippen LogP contribution is 2.38. The molecule has 1 aromatic rings. The van der Waals surface area contributed by atoms with Gasteiger partial charge in [0.15, 0.2) is 11.5 Å². The van der Waals surface area contributed by atoms with Gasteiger partial charge in [-0.05, 0) is 32.4 Å². The Morgan fingerprint density at radius 3 is 3.09 bits per heavy atom. The van der Waals surface area contributed by atoms with Crippen LogP contribution < -0.4 is 14.8 Å². The van der Waals surface area contributed by atoms with E-state index in [1.165, 1.54) is 0 Å². The number of benzene rings is 1. The smallest absolute Gasteiger partial charge is 0.231 e. The summed E-state index contributed by atoms with van der Waals surface area (Å²) in [5.41, 5.74) is 0.845. The predicted octanol–water partition coefficient (Wildman–Crippen LogP) is 2.15. The molecule has 1 fully saturated rings. The van der Waals surface area contributed by atoms with E-state index in [1.54, 1.807) is 0 Å². The van der Waals surface area contributed by atoms with Crippen LogP contribution in [0, 0.1) is 5.41 Å².